The van der Waals surface area contributed by atoms with E-state index in [4.69, 9.17) is 17.3 Å². The number of carboxylic acid groups (broad SMARTS) is 1. The quantitative estimate of drug-likeness (QED) is 0.421. The van der Waals surface area contributed by atoms with Gasteiger partial charge >= 0.3 is 5.97 Å². The molecule has 1 fully saturated rings. The van der Waals surface area contributed by atoms with E-state index >= 15 is 0 Å². The zero-order valence-corrected chi connectivity index (χ0v) is 14.5. The number of nitrogens with zero attached hydrogens (tertiary/aromatic N) is 2. The molecule has 136 valence electrons. The molecule has 0 spiro atoms. The molecule has 0 aliphatic carbocycles. The van der Waals surface area contributed by atoms with Crippen LogP contribution in [0.15, 0.2) is 53.5 Å². The van der Waals surface area contributed by atoms with Crippen LogP contribution < -0.4 is 10.2 Å². The van der Waals surface area contributed by atoms with Crippen LogP contribution in [0.1, 0.15) is 10.4 Å². The molecule has 1 aliphatic heterocycles. The number of thiocarbonyl (C=S) groups is 1. The Balaban J connectivity index is 1.89. The second-order valence-corrected chi connectivity index (χ2v) is 5.95. The van der Waals surface area contributed by atoms with Crippen LogP contribution in [0.3, 0.4) is 0 Å². The Morgan fingerprint density at radius 1 is 1.19 bits per heavy atom. The third kappa shape index (κ3) is 3.67. The molecule has 1 heterocycles. The number of para-hydroxylation sites is 1. The smallest absolute Gasteiger partial charge is 0.339 e. The van der Waals surface area contributed by atoms with Gasteiger partial charge in [0.2, 0.25) is 5.91 Å². The van der Waals surface area contributed by atoms with Crippen LogP contribution >= 0.6 is 12.2 Å². The van der Waals surface area contributed by atoms with Crippen molar-refractivity contribution < 1.29 is 24.6 Å². The molecule has 1 atom stereocenters. The summed E-state index contributed by atoms with van der Waals surface area (Å²) in [5, 5.41) is 21.0. The number of aliphatic imine (C=N–C) groups is 1. The predicted octanol–water partition coefficient (Wildman–Crippen LogP) is 1.86. The monoisotopic (exact) mass is 383 g/mol. The van der Waals surface area contributed by atoms with Gasteiger partial charge in [-0.3, -0.25) is 19.5 Å². The highest BCUT2D eigenvalue weighted by molar-refractivity contribution is 7.80. The van der Waals surface area contributed by atoms with E-state index in [0.717, 1.165) is 12.3 Å². The predicted molar refractivity (Wildman–Crippen MR) is 101 cm³/mol. The molecule has 2 aromatic carbocycles. The number of benzene rings is 2. The lowest BCUT2D eigenvalue weighted by molar-refractivity contribution is -0.130. The van der Waals surface area contributed by atoms with E-state index in [-0.39, 0.29) is 16.4 Å². The average Bonchev–Trinajstić information content (AvgIpc) is 2.63. The number of carbonyl (C=O) groups excluding carboxylic acids is 2. The van der Waals surface area contributed by atoms with Crippen LogP contribution in [0.5, 0.6) is 5.75 Å². The number of nitrogens with one attached hydrogen (secondary N) is 1. The van der Waals surface area contributed by atoms with Crippen molar-refractivity contribution in [3.63, 3.8) is 0 Å². The number of aromatic hydroxyl groups is 1. The number of anilines is 1. The summed E-state index contributed by atoms with van der Waals surface area (Å²) in [5.41, 5.74) is 0.338. The van der Waals surface area contributed by atoms with E-state index in [1.165, 1.54) is 17.0 Å². The lowest BCUT2D eigenvalue weighted by Gasteiger charge is -2.30. The third-order valence-electron chi connectivity index (χ3n) is 3.80. The van der Waals surface area contributed by atoms with Crippen LogP contribution in [0.4, 0.5) is 11.4 Å². The van der Waals surface area contributed by atoms with Gasteiger partial charge in [-0.05, 0) is 42.5 Å². The molecule has 0 bridgehead atoms. The van der Waals surface area contributed by atoms with Gasteiger partial charge in [0.1, 0.15) is 11.3 Å². The minimum atomic E-state index is -1.32. The van der Waals surface area contributed by atoms with E-state index in [1.54, 1.807) is 30.3 Å². The SMILES string of the molecule is O=C(O)c1cc(N=C[C@@H]2C(=O)NC(=S)N(c3ccccc3)C2=O)ccc1O. The molecular formula is C18H13N3O5S. The van der Waals surface area contributed by atoms with Crippen LogP contribution in [-0.2, 0) is 9.59 Å². The van der Waals surface area contributed by atoms with E-state index in [1.807, 2.05) is 0 Å². The topological polar surface area (TPSA) is 119 Å². The molecule has 1 saturated heterocycles. The van der Waals surface area contributed by atoms with Gasteiger partial charge in [0.05, 0.1) is 11.4 Å². The van der Waals surface area contributed by atoms with Crippen molar-refractivity contribution in [3.05, 3.63) is 54.1 Å². The van der Waals surface area contributed by atoms with Gasteiger partial charge in [-0.25, -0.2) is 4.79 Å². The van der Waals surface area contributed by atoms with Crippen molar-refractivity contribution >= 4 is 52.7 Å². The van der Waals surface area contributed by atoms with Crippen molar-refractivity contribution in [1.82, 2.24) is 5.32 Å². The minimum Gasteiger partial charge on any atom is -0.507 e. The van der Waals surface area contributed by atoms with Crippen LogP contribution in [0.2, 0.25) is 0 Å². The van der Waals surface area contributed by atoms with Gasteiger partial charge in [0.15, 0.2) is 11.0 Å². The summed E-state index contributed by atoms with van der Waals surface area (Å²) in [5.74, 6) is -4.17. The summed E-state index contributed by atoms with van der Waals surface area (Å²) in [6.45, 7) is 0. The summed E-state index contributed by atoms with van der Waals surface area (Å²) in [7, 11) is 0. The van der Waals surface area contributed by atoms with Crippen molar-refractivity contribution in [3.8, 4) is 5.75 Å². The van der Waals surface area contributed by atoms with Crippen LogP contribution in [0, 0.1) is 5.92 Å². The first kappa shape index (κ1) is 18.2. The molecule has 8 nitrogen and oxygen atoms in total. The van der Waals surface area contributed by atoms with E-state index in [2.05, 4.69) is 10.3 Å². The summed E-state index contributed by atoms with van der Waals surface area (Å²) < 4.78 is 0. The van der Waals surface area contributed by atoms with Crippen molar-refractivity contribution in [2.24, 2.45) is 10.9 Å². The van der Waals surface area contributed by atoms with Gasteiger partial charge in [-0.2, -0.15) is 0 Å². The first-order chi connectivity index (χ1) is 12.9. The second kappa shape index (κ2) is 7.34. The van der Waals surface area contributed by atoms with Crippen molar-refractivity contribution in [2.45, 2.75) is 0 Å². The second-order valence-electron chi connectivity index (χ2n) is 5.57. The summed E-state index contributed by atoms with van der Waals surface area (Å²) in [4.78, 5) is 41.2. The molecule has 0 radical (unpaired) electrons. The van der Waals surface area contributed by atoms with Crippen molar-refractivity contribution in [2.75, 3.05) is 4.90 Å². The van der Waals surface area contributed by atoms with E-state index in [9.17, 15) is 19.5 Å². The average molecular weight is 383 g/mol. The van der Waals surface area contributed by atoms with Crippen LogP contribution in [0.25, 0.3) is 0 Å². The number of rotatable bonds is 4. The zero-order valence-electron chi connectivity index (χ0n) is 13.7. The number of aromatic carboxylic acids is 1. The summed E-state index contributed by atoms with van der Waals surface area (Å²) in [6, 6.07) is 12.3. The maximum absolute atomic E-state index is 12.7. The number of carboxylic acids is 1. The summed E-state index contributed by atoms with van der Waals surface area (Å²) in [6.07, 6.45) is 1.12. The van der Waals surface area contributed by atoms with Gasteiger partial charge in [0.25, 0.3) is 5.91 Å². The lowest BCUT2D eigenvalue weighted by Crippen LogP contribution is -2.58. The van der Waals surface area contributed by atoms with Gasteiger partial charge in [0, 0.05) is 6.21 Å². The molecule has 2 amide bonds. The molecule has 0 saturated carbocycles. The first-order valence-electron chi connectivity index (χ1n) is 7.73. The first-order valence-corrected chi connectivity index (χ1v) is 8.13. The largest absolute Gasteiger partial charge is 0.507 e. The van der Waals surface area contributed by atoms with E-state index < -0.39 is 29.5 Å². The molecule has 3 N–H and O–H groups in total. The Morgan fingerprint density at radius 3 is 2.56 bits per heavy atom. The van der Waals surface area contributed by atoms with Gasteiger partial charge in [-0.15, -0.1) is 0 Å². The molecule has 3 rings (SSSR count). The Morgan fingerprint density at radius 2 is 1.89 bits per heavy atom. The van der Waals surface area contributed by atoms with Gasteiger partial charge in [-0.1, -0.05) is 18.2 Å². The lowest BCUT2D eigenvalue weighted by atomic mass is 10.1. The molecular weight excluding hydrogens is 370 g/mol. The molecule has 27 heavy (non-hydrogen) atoms. The van der Waals surface area contributed by atoms with Gasteiger partial charge < -0.3 is 15.5 Å². The Bertz CT molecular complexity index is 974. The normalized spacial score (nSPS) is 17.3. The Kier molecular flexibility index (Phi) is 4.95. The minimum absolute atomic E-state index is 0.0290. The Labute approximate surface area is 158 Å². The fraction of sp³-hybridized carbons (Fsp3) is 0.0556. The molecule has 2 aromatic rings. The number of phenols is 1. The maximum Gasteiger partial charge on any atom is 0.339 e. The summed E-state index contributed by atoms with van der Waals surface area (Å²) >= 11 is 5.09. The Hall–Kier alpha value is -3.59. The highest BCUT2D eigenvalue weighted by Crippen LogP contribution is 2.24. The fourth-order valence-electron chi connectivity index (χ4n) is 2.48. The molecule has 0 aromatic heterocycles. The molecule has 9 heteroatoms. The number of amides is 2. The van der Waals surface area contributed by atoms with Crippen LogP contribution in [-0.4, -0.2) is 39.3 Å². The third-order valence-corrected chi connectivity index (χ3v) is 4.08. The maximum atomic E-state index is 12.7. The molecule has 1 aliphatic rings. The number of hydrogen-bond donors (Lipinski definition) is 3. The zero-order chi connectivity index (χ0) is 19.6. The highest BCUT2D eigenvalue weighted by Gasteiger charge is 2.38. The van der Waals surface area contributed by atoms with Crippen molar-refractivity contribution in [1.29, 1.82) is 0 Å². The number of carbonyl (C=O) groups is 3. The standard InChI is InChI=1S/C18H13N3O5S/c22-14-7-6-10(8-12(14)17(25)26)19-9-13-15(23)20-18(27)21(16(13)24)11-4-2-1-3-5-11/h1-9,13,22H,(H,25,26)(H,20,23,27)/t13-/m1/s1. The highest BCUT2D eigenvalue weighted by atomic mass is 32.1. The fourth-order valence-corrected chi connectivity index (χ4v) is 2.78. The molecule has 0 unspecified atom stereocenters. The van der Waals surface area contributed by atoms with E-state index in [0.29, 0.717) is 5.69 Å². The number of hydrogen-bond acceptors (Lipinski definition) is 6.